The van der Waals surface area contributed by atoms with Crippen LogP contribution < -0.4 is 0 Å². The van der Waals surface area contributed by atoms with Crippen LogP contribution in [-0.4, -0.2) is 18.1 Å². The third-order valence-corrected chi connectivity index (χ3v) is 3.13. The molecular formula is C17H16F2O. The molecule has 0 radical (unpaired) electrons. The first-order chi connectivity index (χ1) is 9.66. The van der Waals surface area contributed by atoms with E-state index in [1.807, 2.05) is 12.1 Å². The minimum absolute atomic E-state index is 0.0745. The van der Waals surface area contributed by atoms with Crippen LogP contribution >= 0.6 is 0 Å². The first-order valence-electron chi connectivity index (χ1n) is 6.56. The third-order valence-electron chi connectivity index (χ3n) is 3.13. The van der Waals surface area contributed by atoms with E-state index in [2.05, 4.69) is 0 Å². The van der Waals surface area contributed by atoms with Crippen molar-refractivity contribution in [1.29, 1.82) is 0 Å². The van der Waals surface area contributed by atoms with Crippen molar-refractivity contribution in [1.82, 2.24) is 0 Å². The van der Waals surface area contributed by atoms with E-state index < -0.39 is 18.1 Å². The molecule has 3 heteroatoms. The van der Waals surface area contributed by atoms with Gasteiger partial charge in [-0.25, -0.2) is 8.78 Å². The summed E-state index contributed by atoms with van der Waals surface area (Å²) in [5.74, 6) is -0.974. The molecule has 0 aliphatic heterocycles. The average molecular weight is 274 g/mol. The molecule has 0 aliphatic carbocycles. The molecule has 0 amide bonds. The van der Waals surface area contributed by atoms with Gasteiger partial charge < -0.3 is 0 Å². The summed E-state index contributed by atoms with van der Waals surface area (Å²) < 4.78 is 27.7. The highest BCUT2D eigenvalue weighted by Crippen LogP contribution is 2.13. The number of alkyl halides is 2. The number of hydrogen-bond acceptors (Lipinski definition) is 1. The van der Waals surface area contributed by atoms with E-state index in [-0.39, 0.29) is 12.8 Å². The van der Waals surface area contributed by atoms with Gasteiger partial charge >= 0.3 is 0 Å². The summed E-state index contributed by atoms with van der Waals surface area (Å²) >= 11 is 0. The largest absolute Gasteiger partial charge is 0.293 e. The standard InChI is InChI=1S/C17H16F2O/c18-15(11-13-7-3-1-4-8-13)17(20)16(19)12-14-9-5-2-6-10-14/h1-10,15-16H,11-12H2. The smallest absolute Gasteiger partial charge is 0.201 e. The third kappa shape index (κ3) is 3.98. The highest BCUT2D eigenvalue weighted by Gasteiger charge is 2.26. The summed E-state index contributed by atoms with van der Waals surface area (Å²) in [7, 11) is 0. The Balaban J connectivity index is 1.93. The summed E-state index contributed by atoms with van der Waals surface area (Å²) in [6.07, 6.45) is -3.74. The van der Waals surface area contributed by atoms with Crippen molar-refractivity contribution in [3.05, 3.63) is 71.8 Å². The fourth-order valence-corrected chi connectivity index (χ4v) is 2.04. The normalized spacial score (nSPS) is 13.7. The monoisotopic (exact) mass is 274 g/mol. The topological polar surface area (TPSA) is 17.1 Å². The zero-order chi connectivity index (χ0) is 14.4. The second kappa shape index (κ2) is 6.94. The number of rotatable bonds is 6. The van der Waals surface area contributed by atoms with Gasteiger partial charge in [-0.3, -0.25) is 4.79 Å². The van der Waals surface area contributed by atoms with Gasteiger partial charge in [0.25, 0.3) is 0 Å². The second-order valence-corrected chi connectivity index (χ2v) is 4.72. The molecule has 1 nitrogen and oxygen atoms in total. The number of carbonyl (C=O) groups is 1. The fourth-order valence-electron chi connectivity index (χ4n) is 2.04. The molecule has 0 N–H and O–H groups in total. The predicted octanol–water partition coefficient (Wildman–Crippen LogP) is 3.72. The molecule has 0 saturated heterocycles. The van der Waals surface area contributed by atoms with Crippen molar-refractivity contribution in [2.24, 2.45) is 0 Å². The highest BCUT2D eigenvalue weighted by molar-refractivity contribution is 5.87. The Bertz CT molecular complexity index is 490. The fraction of sp³-hybridized carbons (Fsp3) is 0.235. The Morgan fingerprint density at radius 2 is 1.10 bits per heavy atom. The quantitative estimate of drug-likeness (QED) is 0.784. The molecule has 2 aromatic rings. The Hall–Kier alpha value is -2.03. The number of Topliss-reactive ketones (excluding diaryl/α,β-unsaturated/α-hetero) is 1. The number of hydrogen-bond donors (Lipinski definition) is 0. The lowest BCUT2D eigenvalue weighted by molar-refractivity contribution is -0.128. The van der Waals surface area contributed by atoms with Gasteiger partial charge in [-0.15, -0.1) is 0 Å². The number of carbonyl (C=O) groups excluding carboxylic acids is 1. The lowest BCUT2D eigenvalue weighted by Crippen LogP contribution is -2.29. The lowest BCUT2D eigenvalue weighted by Gasteiger charge is -2.11. The molecule has 0 heterocycles. The van der Waals surface area contributed by atoms with Crippen LogP contribution in [0.3, 0.4) is 0 Å². The molecule has 0 bridgehead atoms. The molecule has 104 valence electrons. The zero-order valence-electron chi connectivity index (χ0n) is 11.0. The predicted molar refractivity (Wildman–Crippen MR) is 75.1 cm³/mol. The molecule has 0 saturated carbocycles. The highest BCUT2D eigenvalue weighted by atomic mass is 19.1. The van der Waals surface area contributed by atoms with Gasteiger partial charge in [0.05, 0.1) is 0 Å². The molecule has 0 aromatic heterocycles. The minimum atomic E-state index is -1.80. The Morgan fingerprint density at radius 1 is 0.750 bits per heavy atom. The maximum Gasteiger partial charge on any atom is 0.201 e. The van der Waals surface area contributed by atoms with Crippen molar-refractivity contribution in [2.75, 3.05) is 0 Å². The van der Waals surface area contributed by atoms with Gasteiger partial charge in [0.2, 0.25) is 5.78 Å². The first kappa shape index (κ1) is 14.4. The summed E-state index contributed by atoms with van der Waals surface area (Å²) in [6, 6.07) is 17.6. The molecule has 2 aromatic carbocycles. The number of halogens is 2. The Labute approximate surface area is 117 Å². The Kier molecular flexibility index (Phi) is 4.99. The Morgan fingerprint density at radius 3 is 1.45 bits per heavy atom. The molecule has 2 atom stereocenters. The molecular weight excluding hydrogens is 258 g/mol. The van der Waals surface area contributed by atoms with E-state index >= 15 is 0 Å². The van der Waals surface area contributed by atoms with Crippen molar-refractivity contribution < 1.29 is 13.6 Å². The van der Waals surface area contributed by atoms with Gasteiger partial charge in [0, 0.05) is 12.8 Å². The van der Waals surface area contributed by atoms with Crippen LogP contribution in [0.1, 0.15) is 11.1 Å². The van der Waals surface area contributed by atoms with Crippen LogP contribution in [0.5, 0.6) is 0 Å². The summed E-state index contributed by atoms with van der Waals surface area (Å²) in [4.78, 5) is 11.7. The van der Waals surface area contributed by atoms with E-state index in [9.17, 15) is 13.6 Å². The maximum absolute atomic E-state index is 13.8. The maximum atomic E-state index is 13.8. The van der Waals surface area contributed by atoms with Crippen molar-refractivity contribution >= 4 is 5.78 Å². The molecule has 2 unspecified atom stereocenters. The molecule has 2 rings (SSSR count). The summed E-state index contributed by atoms with van der Waals surface area (Å²) in [5.41, 5.74) is 1.39. The van der Waals surface area contributed by atoms with Crippen LogP contribution in [-0.2, 0) is 17.6 Å². The van der Waals surface area contributed by atoms with Gasteiger partial charge in [0.15, 0.2) is 12.3 Å². The molecule has 0 aliphatic rings. The molecule has 20 heavy (non-hydrogen) atoms. The van der Waals surface area contributed by atoms with Gasteiger partial charge in [0.1, 0.15) is 0 Å². The second-order valence-electron chi connectivity index (χ2n) is 4.72. The average Bonchev–Trinajstić information content (AvgIpc) is 2.48. The van der Waals surface area contributed by atoms with Gasteiger partial charge in [-0.2, -0.15) is 0 Å². The van der Waals surface area contributed by atoms with Crippen LogP contribution in [0.25, 0.3) is 0 Å². The summed E-state index contributed by atoms with van der Waals surface area (Å²) in [5, 5.41) is 0. The van der Waals surface area contributed by atoms with E-state index in [1.54, 1.807) is 48.5 Å². The van der Waals surface area contributed by atoms with E-state index in [0.717, 1.165) is 0 Å². The van der Waals surface area contributed by atoms with Crippen LogP contribution in [0, 0.1) is 0 Å². The SMILES string of the molecule is O=C(C(F)Cc1ccccc1)C(F)Cc1ccccc1. The van der Waals surface area contributed by atoms with Crippen molar-refractivity contribution in [2.45, 2.75) is 25.2 Å². The minimum Gasteiger partial charge on any atom is -0.293 e. The van der Waals surface area contributed by atoms with E-state index in [0.29, 0.717) is 11.1 Å². The number of benzene rings is 2. The van der Waals surface area contributed by atoms with Gasteiger partial charge in [-0.1, -0.05) is 60.7 Å². The van der Waals surface area contributed by atoms with Gasteiger partial charge in [-0.05, 0) is 11.1 Å². The van der Waals surface area contributed by atoms with E-state index in [1.165, 1.54) is 0 Å². The number of ketones is 1. The van der Waals surface area contributed by atoms with Crippen molar-refractivity contribution in [3.63, 3.8) is 0 Å². The van der Waals surface area contributed by atoms with Crippen LogP contribution in [0.4, 0.5) is 8.78 Å². The first-order valence-corrected chi connectivity index (χ1v) is 6.56. The van der Waals surface area contributed by atoms with Crippen LogP contribution in [0.15, 0.2) is 60.7 Å². The lowest BCUT2D eigenvalue weighted by atomic mass is 9.99. The van der Waals surface area contributed by atoms with E-state index in [4.69, 9.17) is 0 Å². The zero-order valence-corrected chi connectivity index (χ0v) is 11.0. The van der Waals surface area contributed by atoms with Crippen molar-refractivity contribution in [3.8, 4) is 0 Å². The molecule has 0 spiro atoms. The summed E-state index contributed by atoms with van der Waals surface area (Å²) in [6.45, 7) is 0. The molecule has 0 fully saturated rings. The van der Waals surface area contributed by atoms with Crippen LogP contribution in [0.2, 0.25) is 0 Å².